The number of likely N-dealkylation sites (tertiary alicyclic amines) is 1. The quantitative estimate of drug-likeness (QED) is 0.722. The third kappa shape index (κ3) is 4.10. The topological polar surface area (TPSA) is 43.8 Å². The lowest BCUT2D eigenvalue weighted by molar-refractivity contribution is -0.131. The molecule has 0 unspecified atom stereocenters. The summed E-state index contributed by atoms with van der Waals surface area (Å²) in [6, 6.07) is 0. The number of aliphatic hydroxyl groups excluding tert-OH is 1. The maximum atomic E-state index is 11.8. The Kier molecular flexibility index (Phi) is 5.77. The molecule has 1 saturated heterocycles. The van der Waals surface area contributed by atoms with Gasteiger partial charge in [-0.1, -0.05) is 13.3 Å². The molecule has 0 saturated carbocycles. The number of likely N-dealkylation sites (N-methyl/N-ethyl adjacent to an activating group) is 1. The van der Waals surface area contributed by atoms with Gasteiger partial charge in [0.25, 0.3) is 0 Å². The van der Waals surface area contributed by atoms with E-state index in [2.05, 4.69) is 11.8 Å². The molecule has 0 aromatic heterocycles. The van der Waals surface area contributed by atoms with Gasteiger partial charge in [0.2, 0.25) is 5.91 Å². The molecule has 1 N–H and O–H groups in total. The average molecular weight is 228 g/mol. The fourth-order valence-electron chi connectivity index (χ4n) is 2.04. The normalized spacial score (nSPS) is 21.3. The van der Waals surface area contributed by atoms with Crippen LogP contribution in [0.4, 0.5) is 0 Å². The highest BCUT2D eigenvalue weighted by molar-refractivity contribution is 5.78. The molecule has 1 rings (SSSR count). The lowest BCUT2D eigenvalue weighted by atomic mass is 10.1. The molecule has 0 aliphatic carbocycles. The minimum Gasteiger partial charge on any atom is -0.396 e. The number of unbranched alkanes of at least 4 members (excludes halogenated alkanes) is 1. The molecule has 4 nitrogen and oxygen atoms in total. The number of amides is 1. The Morgan fingerprint density at radius 1 is 1.56 bits per heavy atom. The molecule has 0 radical (unpaired) electrons. The zero-order valence-corrected chi connectivity index (χ0v) is 10.5. The SMILES string of the molecule is CCCCN(C)C(=O)CN1CC[C@@H](CO)C1. The van der Waals surface area contributed by atoms with Crippen molar-refractivity contribution >= 4 is 5.91 Å². The molecule has 0 aromatic rings. The van der Waals surface area contributed by atoms with Gasteiger partial charge in [-0.05, 0) is 25.3 Å². The second kappa shape index (κ2) is 6.86. The molecule has 1 amide bonds. The van der Waals surface area contributed by atoms with Gasteiger partial charge in [0, 0.05) is 26.7 Å². The molecular formula is C12H24N2O2. The van der Waals surface area contributed by atoms with Gasteiger partial charge in [0.1, 0.15) is 0 Å². The van der Waals surface area contributed by atoms with Crippen LogP contribution in [0.2, 0.25) is 0 Å². The van der Waals surface area contributed by atoms with Crippen LogP contribution < -0.4 is 0 Å². The van der Waals surface area contributed by atoms with Crippen LogP contribution in [0.15, 0.2) is 0 Å². The van der Waals surface area contributed by atoms with Crippen molar-refractivity contribution in [3.05, 3.63) is 0 Å². The zero-order valence-electron chi connectivity index (χ0n) is 10.5. The van der Waals surface area contributed by atoms with E-state index in [9.17, 15) is 4.79 Å². The van der Waals surface area contributed by atoms with E-state index in [1.165, 1.54) is 0 Å². The van der Waals surface area contributed by atoms with E-state index in [0.29, 0.717) is 12.5 Å². The standard InChI is InChI=1S/C12H24N2O2/c1-3-4-6-13(2)12(16)9-14-7-5-11(8-14)10-15/h11,15H,3-10H2,1-2H3/t11-/m1/s1. The largest absolute Gasteiger partial charge is 0.396 e. The summed E-state index contributed by atoms with van der Waals surface area (Å²) in [5.41, 5.74) is 0. The molecule has 1 aliphatic rings. The summed E-state index contributed by atoms with van der Waals surface area (Å²) in [5.74, 6) is 0.570. The summed E-state index contributed by atoms with van der Waals surface area (Å²) in [6.45, 7) is 5.55. The van der Waals surface area contributed by atoms with Gasteiger partial charge in [-0.15, -0.1) is 0 Å². The van der Waals surface area contributed by atoms with Crippen LogP contribution in [0.3, 0.4) is 0 Å². The van der Waals surface area contributed by atoms with Crippen molar-refractivity contribution in [2.75, 3.05) is 39.8 Å². The van der Waals surface area contributed by atoms with Crippen LogP contribution in [0.1, 0.15) is 26.2 Å². The minimum absolute atomic E-state index is 0.201. The first-order valence-electron chi connectivity index (χ1n) is 6.24. The fourth-order valence-corrected chi connectivity index (χ4v) is 2.04. The fraction of sp³-hybridized carbons (Fsp3) is 0.917. The second-order valence-electron chi connectivity index (χ2n) is 4.74. The Morgan fingerprint density at radius 3 is 2.88 bits per heavy atom. The second-order valence-corrected chi connectivity index (χ2v) is 4.74. The lowest BCUT2D eigenvalue weighted by Crippen LogP contribution is -2.38. The summed E-state index contributed by atoms with van der Waals surface area (Å²) in [4.78, 5) is 15.8. The molecular weight excluding hydrogens is 204 g/mol. The summed E-state index contributed by atoms with van der Waals surface area (Å²) < 4.78 is 0. The predicted octanol–water partition coefficient (Wildman–Crippen LogP) is 0.559. The molecule has 1 atom stereocenters. The molecule has 1 heterocycles. The van der Waals surface area contributed by atoms with Gasteiger partial charge in [0.05, 0.1) is 6.54 Å². The summed E-state index contributed by atoms with van der Waals surface area (Å²) in [5, 5.41) is 9.02. The van der Waals surface area contributed by atoms with Crippen LogP contribution in [0.25, 0.3) is 0 Å². The average Bonchev–Trinajstić information content (AvgIpc) is 2.73. The maximum Gasteiger partial charge on any atom is 0.236 e. The molecule has 0 aromatic carbocycles. The number of hydrogen-bond acceptors (Lipinski definition) is 3. The first-order chi connectivity index (χ1) is 7.67. The highest BCUT2D eigenvalue weighted by Gasteiger charge is 2.24. The highest BCUT2D eigenvalue weighted by Crippen LogP contribution is 2.14. The Morgan fingerprint density at radius 2 is 2.31 bits per heavy atom. The van der Waals surface area contributed by atoms with Crippen LogP contribution in [-0.2, 0) is 4.79 Å². The smallest absolute Gasteiger partial charge is 0.236 e. The molecule has 1 fully saturated rings. The van der Waals surface area contributed by atoms with E-state index < -0.39 is 0 Å². The molecule has 1 aliphatic heterocycles. The van der Waals surface area contributed by atoms with Crippen molar-refractivity contribution in [1.82, 2.24) is 9.80 Å². The van der Waals surface area contributed by atoms with Gasteiger partial charge in [-0.25, -0.2) is 0 Å². The number of carbonyl (C=O) groups excluding carboxylic acids is 1. The van der Waals surface area contributed by atoms with Crippen LogP contribution in [-0.4, -0.2) is 60.6 Å². The Hall–Kier alpha value is -0.610. The van der Waals surface area contributed by atoms with Crippen molar-refractivity contribution < 1.29 is 9.90 Å². The highest BCUT2D eigenvalue weighted by atomic mass is 16.3. The first kappa shape index (κ1) is 13.5. The molecule has 4 heteroatoms. The molecule has 94 valence electrons. The monoisotopic (exact) mass is 228 g/mol. The third-order valence-corrected chi connectivity index (χ3v) is 3.26. The Labute approximate surface area is 98.2 Å². The van der Waals surface area contributed by atoms with Crippen molar-refractivity contribution in [3.63, 3.8) is 0 Å². The number of nitrogens with zero attached hydrogens (tertiary/aromatic N) is 2. The van der Waals surface area contributed by atoms with Gasteiger partial charge >= 0.3 is 0 Å². The summed E-state index contributed by atoms with van der Waals surface area (Å²) in [7, 11) is 1.87. The van der Waals surface area contributed by atoms with Gasteiger partial charge in [0.15, 0.2) is 0 Å². The number of rotatable bonds is 6. The van der Waals surface area contributed by atoms with Gasteiger partial charge in [-0.2, -0.15) is 0 Å². The number of hydrogen-bond donors (Lipinski definition) is 1. The van der Waals surface area contributed by atoms with Gasteiger partial charge < -0.3 is 10.0 Å². The van der Waals surface area contributed by atoms with Crippen molar-refractivity contribution in [3.8, 4) is 0 Å². The van der Waals surface area contributed by atoms with Crippen LogP contribution >= 0.6 is 0 Å². The first-order valence-corrected chi connectivity index (χ1v) is 6.24. The van der Waals surface area contributed by atoms with E-state index in [1.807, 2.05) is 11.9 Å². The van der Waals surface area contributed by atoms with E-state index in [4.69, 9.17) is 5.11 Å². The zero-order chi connectivity index (χ0) is 12.0. The van der Waals surface area contributed by atoms with E-state index >= 15 is 0 Å². The van der Waals surface area contributed by atoms with Crippen molar-refractivity contribution in [2.24, 2.45) is 5.92 Å². The van der Waals surface area contributed by atoms with Gasteiger partial charge in [-0.3, -0.25) is 9.69 Å². The molecule has 0 spiro atoms. The number of aliphatic hydroxyl groups is 1. The van der Waals surface area contributed by atoms with Crippen LogP contribution in [0, 0.1) is 5.92 Å². The van der Waals surface area contributed by atoms with E-state index in [-0.39, 0.29) is 12.5 Å². The van der Waals surface area contributed by atoms with Crippen molar-refractivity contribution in [1.29, 1.82) is 0 Å². The van der Waals surface area contributed by atoms with E-state index in [1.54, 1.807) is 0 Å². The molecule has 0 bridgehead atoms. The third-order valence-electron chi connectivity index (χ3n) is 3.26. The molecule has 16 heavy (non-hydrogen) atoms. The lowest BCUT2D eigenvalue weighted by Gasteiger charge is -2.21. The van der Waals surface area contributed by atoms with E-state index in [0.717, 1.165) is 38.9 Å². The summed E-state index contributed by atoms with van der Waals surface area (Å²) >= 11 is 0. The summed E-state index contributed by atoms with van der Waals surface area (Å²) in [6.07, 6.45) is 3.21. The van der Waals surface area contributed by atoms with Crippen molar-refractivity contribution in [2.45, 2.75) is 26.2 Å². The Bertz CT molecular complexity index is 221. The van der Waals surface area contributed by atoms with Crippen LogP contribution in [0.5, 0.6) is 0 Å². The maximum absolute atomic E-state index is 11.8. The Balaban J connectivity index is 2.23. The minimum atomic E-state index is 0.201. The predicted molar refractivity (Wildman–Crippen MR) is 64.2 cm³/mol. The number of carbonyl (C=O) groups is 1.